The Labute approximate surface area is 99.8 Å². The molecule has 2 rings (SSSR count). The molecular weight excluding hydrogens is 218 g/mol. The predicted molar refractivity (Wildman–Crippen MR) is 70.2 cm³/mol. The summed E-state index contributed by atoms with van der Waals surface area (Å²) >= 11 is 1.76. The molecule has 2 aromatic rings. The lowest BCUT2D eigenvalue weighted by molar-refractivity contribution is 1.05. The minimum absolute atomic E-state index is 0.851. The van der Waals surface area contributed by atoms with Crippen LogP contribution in [-0.2, 0) is 6.54 Å². The van der Waals surface area contributed by atoms with Crippen LogP contribution in [0.25, 0.3) is 0 Å². The molecule has 0 fully saturated rings. The van der Waals surface area contributed by atoms with Crippen LogP contribution in [0.2, 0.25) is 0 Å². The van der Waals surface area contributed by atoms with Gasteiger partial charge in [-0.25, -0.2) is 4.98 Å². The lowest BCUT2D eigenvalue weighted by Crippen LogP contribution is -2.13. The quantitative estimate of drug-likeness (QED) is 0.880. The van der Waals surface area contributed by atoms with Crippen molar-refractivity contribution < 1.29 is 0 Å². The fraction of sp³-hybridized carbons (Fsp3) is 0.250. The lowest BCUT2D eigenvalue weighted by atomic mass is 10.3. The largest absolute Gasteiger partial charge is 0.377 e. The highest BCUT2D eigenvalue weighted by atomic mass is 32.1. The van der Waals surface area contributed by atoms with E-state index in [0.29, 0.717) is 0 Å². The SMILES string of the molecule is CN(C)c1ncccc1NCc1cccs1. The number of pyridine rings is 1. The summed E-state index contributed by atoms with van der Waals surface area (Å²) in [6, 6.07) is 8.20. The Kier molecular flexibility index (Phi) is 3.41. The molecule has 3 nitrogen and oxygen atoms in total. The fourth-order valence-corrected chi connectivity index (χ4v) is 2.13. The molecule has 0 aromatic carbocycles. The average molecular weight is 233 g/mol. The Morgan fingerprint density at radius 3 is 2.88 bits per heavy atom. The van der Waals surface area contributed by atoms with Gasteiger partial charge in [-0.3, -0.25) is 0 Å². The maximum Gasteiger partial charge on any atom is 0.151 e. The molecule has 0 saturated heterocycles. The Bertz CT molecular complexity index is 437. The summed E-state index contributed by atoms with van der Waals surface area (Å²) in [6.07, 6.45) is 1.81. The monoisotopic (exact) mass is 233 g/mol. The normalized spacial score (nSPS) is 10.1. The summed E-state index contributed by atoms with van der Waals surface area (Å²) in [5.41, 5.74) is 1.07. The van der Waals surface area contributed by atoms with E-state index in [0.717, 1.165) is 18.1 Å². The van der Waals surface area contributed by atoms with Crippen LogP contribution in [0.4, 0.5) is 11.5 Å². The second-order valence-electron chi connectivity index (χ2n) is 3.70. The second kappa shape index (κ2) is 4.99. The van der Waals surface area contributed by atoms with E-state index < -0.39 is 0 Å². The first kappa shape index (κ1) is 11.0. The standard InChI is InChI=1S/C12H15N3S/c1-15(2)12-11(6-3-7-13-12)14-9-10-5-4-8-16-10/h3-8,14H,9H2,1-2H3. The summed E-state index contributed by atoms with van der Waals surface area (Å²) < 4.78 is 0. The Morgan fingerprint density at radius 2 is 2.19 bits per heavy atom. The number of hydrogen-bond acceptors (Lipinski definition) is 4. The van der Waals surface area contributed by atoms with Crippen molar-refractivity contribution >= 4 is 22.8 Å². The summed E-state index contributed by atoms with van der Waals surface area (Å²) in [5, 5.41) is 5.49. The lowest BCUT2D eigenvalue weighted by Gasteiger charge is -2.16. The van der Waals surface area contributed by atoms with Crippen molar-refractivity contribution in [1.82, 2.24) is 4.98 Å². The first-order chi connectivity index (χ1) is 7.77. The molecule has 0 aliphatic heterocycles. The van der Waals surface area contributed by atoms with Crippen LogP contribution >= 0.6 is 11.3 Å². The maximum absolute atomic E-state index is 4.34. The van der Waals surface area contributed by atoms with Crippen molar-refractivity contribution in [3.05, 3.63) is 40.7 Å². The van der Waals surface area contributed by atoms with Gasteiger partial charge in [0, 0.05) is 31.7 Å². The number of nitrogens with one attached hydrogen (secondary N) is 1. The molecule has 0 radical (unpaired) electrons. The van der Waals surface area contributed by atoms with Crippen molar-refractivity contribution in [3.63, 3.8) is 0 Å². The van der Waals surface area contributed by atoms with Gasteiger partial charge >= 0.3 is 0 Å². The van der Waals surface area contributed by atoms with Gasteiger partial charge in [0.15, 0.2) is 5.82 Å². The predicted octanol–water partition coefficient (Wildman–Crippen LogP) is 2.82. The van der Waals surface area contributed by atoms with Crippen molar-refractivity contribution in [1.29, 1.82) is 0 Å². The molecule has 84 valence electrons. The van der Waals surface area contributed by atoms with Gasteiger partial charge in [0.25, 0.3) is 0 Å². The van der Waals surface area contributed by atoms with Crippen LogP contribution in [-0.4, -0.2) is 19.1 Å². The number of aromatic nitrogens is 1. The third-order valence-electron chi connectivity index (χ3n) is 2.24. The Balaban J connectivity index is 2.09. The summed E-state index contributed by atoms with van der Waals surface area (Å²) in [4.78, 5) is 7.68. The van der Waals surface area contributed by atoms with E-state index in [1.807, 2.05) is 31.3 Å². The van der Waals surface area contributed by atoms with Crippen molar-refractivity contribution in [3.8, 4) is 0 Å². The van der Waals surface area contributed by atoms with E-state index in [1.54, 1.807) is 11.3 Å². The molecule has 2 aromatic heterocycles. The zero-order valence-corrected chi connectivity index (χ0v) is 10.3. The molecule has 2 heterocycles. The summed E-state index contributed by atoms with van der Waals surface area (Å²) in [5.74, 6) is 0.971. The topological polar surface area (TPSA) is 28.2 Å². The van der Waals surface area contributed by atoms with E-state index in [4.69, 9.17) is 0 Å². The second-order valence-corrected chi connectivity index (χ2v) is 4.73. The molecule has 0 atom stereocenters. The zero-order chi connectivity index (χ0) is 11.4. The van der Waals surface area contributed by atoms with Gasteiger partial charge in [0.1, 0.15) is 0 Å². The van der Waals surface area contributed by atoms with E-state index in [9.17, 15) is 0 Å². The minimum Gasteiger partial charge on any atom is -0.377 e. The van der Waals surface area contributed by atoms with Crippen LogP contribution in [0.15, 0.2) is 35.8 Å². The van der Waals surface area contributed by atoms with Crippen molar-refractivity contribution in [2.45, 2.75) is 6.54 Å². The molecule has 4 heteroatoms. The number of nitrogens with zero attached hydrogens (tertiary/aromatic N) is 2. The van der Waals surface area contributed by atoms with E-state index in [2.05, 4.69) is 33.9 Å². The molecule has 16 heavy (non-hydrogen) atoms. The third-order valence-corrected chi connectivity index (χ3v) is 3.12. The first-order valence-electron chi connectivity index (χ1n) is 5.16. The van der Waals surface area contributed by atoms with Crippen LogP contribution in [0.5, 0.6) is 0 Å². The van der Waals surface area contributed by atoms with Crippen LogP contribution in [0.1, 0.15) is 4.88 Å². The summed E-state index contributed by atoms with van der Waals surface area (Å²) in [7, 11) is 4.00. The highest BCUT2D eigenvalue weighted by Crippen LogP contribution is 2.21. The molecule has 0 saturated carbocycles. The third kappa shape index (κ3) is 2.52. The van der Waals surface area contributed by atoms with E-state index in [-0.39, 0.29) is 0 Å². The van der Waals surface area contributed by atoms with Gasteiger partial charge in [-0.15, -0.1) is 11.3 Å². The van der Waals surface area contributed by atoms with Gasteiger partial charge in [-0.2, -0.15) is 0 Å². The van der Waals surface area contributed by atoms with Gasteiger partial charge in [0.2, 0.25) is 0 Å². The van der Waals surface area contributed by atoms with E-state index >= 15 is 0 Å². The molecule has 0 bridgehead atoms. The van der Waals surface area contributed by atoms with Crippen molar-refractivity contribution in [2.24, 2.45) is 0 Å². The Morgan fingerprint density at radius 1 is 1.31 bits per heavy atom. The molecule has 0 amide bonds. The van der Waals surface area contributed by atoms with Crippen molar-refractivity contribution in [2.75, 3.05) is 24.3 Å². The number of anilines is 2. The number of hydrogen-bond donors (Lipinski definition) is 1. The molecule has 0 spiro atoms. The Hall–Kier alpha value is -1.55. The van der Waals surface area contributed by atoms with Gasteiger partial charge in [-0.1, -0.05) is 6.07 Å². The molecule has 1 N–H and O–H groups in total. The maximum atomic E-state index is 4.34. The highest BCUT2D eigenvalue weighted by molar-refractivity contribution is 7.09. The van der Waals surface area contributed by atoms with Gasteiger partial charge < -0.3 is 10.2 Å². The first-order valence-corrected chi connectivity index (χ1v) is 6.04. The fourth-order valence-electron chi connectivity index (χ4n) is 1.49. The number of thiophene rings is 1. The average Bonchev–Trinajstić information content (AvgIpc) is 2.79. The van der Waals surface area contributed by atoms with E-state index in [1.165, 1.54) is 4.88 Å². The molecule has 0 aliphatic carbocycles. The zero-order valence-electron chi connectivity index (χ0n) is 9.47. The summed E-state index contributed by atoms with van der Waals surface area (Å²) in [6.45, 7) is 0.851. The smallest absolute Gasteiger partial charge is 0.151 e. The van der Waals surface area contributed by atoms with Crippen LogP contribution in [0, 0.1) is 0 Å². The molecule has 0 aliphatic rings. The minimum atomic E-state index is 0.851. The highest BCUT2D eigenvalue weighted by Gasteiger charge is 2.04. The van der Waals surface area contributed by atoms with Crippen LogP contribution in [0.3, 0.4) is 0 Å². The molecule has 0 unspecified atom stereocenters. The molecular formula is C12H15N3S. The van der Waals surface area contributed by atoms with Gasteiger partial charge in [-0.05, 0) is 23.6 Å². The van der Waals surface area contributed by atoms with Gasteiger partial charge in [0.05, 0.1) is 5.69 Å². The number of rotatable bonds is 4. The van der Waals surface area contributed by atoms with Crippen LogP contribution < -0.4 is 10.2 Å².